The van der Waals surface area contributed by atoms with Gasteiger partial charge in [0.25, 0.3) is 0 Å². The van der Waals surface area contributed by atoms with Crippen molar-refractivity contribution < 1.29 is 168 Å². The van der Waals surface area contributed by atoms with Crippen LogP contribution in [0.4, 0.5) is 0 Å². The second-order valence-electron chi connectivity index (χ2n) is 2.77. The minimum atomic E-state index is -2.44. The molecule has 0 aliphatic heterocycles. The van der Waals surface area contributed by atoms with Crippen LogP contribution < -0.4 is 139 Å². The smallest absolute Gasteiger partial charge is 0.550 e. The summed E-state index contributed by atoms with van der Waals surface area (Å²) in [5.74, 6) is -6.85. The number of rotatable bonds is 6. The second kappa shape index (κ2) is 22.8. The molecular formula is C8H8Na4O10. The summed E-state index contributed by atoms with van der Waals surface area (Å²) >= 11 is 0. The number of carboxylic acid groups (broad SMARTS) is 4. The Morgan fingerprint density at radius 3 is 0.909 bits per heavy atom. The van der Waals surface area contributed by atoms with Crippen molar-refractivity contribution >= 4 is 23.9 Å². The molecule has 22 heavy (non-hydrogen) atoms. The van der Waals surface area contributed by atoms with Crippen molar-refractivity contribution in [2.75, 3.05) is 0 Å². The number of carbonyl (C=O) groups is 4. The van der Waals surface area contributed by atoms with Crippen LogP contribution in [0.1, 0.15) is 12.8 Å². The zero-order chi connectivity index (χ0) is 14.9. The van der Waals surface area contributed by atoms with Gasteiger partial charge in [-0.2, -0.15) is 0 Å². The molecule has 0 rings (SSSR count). The van der Waals surface area contributed by atoms with Crippen LogP contribution >= 0.6 is 0 Å². The predicted octanol–water partition coefficient (Wildman–Crippen LogP) is -19.5. The Morgan fingerprint density at radius 1 is 0.636 bits per heavy atom. The molecule has 0 spiro atoms. The summed E-state index contributed by atoms with van der Waals surface area (Å²) in [5, 5.41) is 54.7. The summed E-state index contributed by atoms with van der Waals surface area (Å²) in [6, 6.07) is 0. The summed E-state index contributed by atoms with van der Waals surface area (Å²) in [6.45, 7) is 0. The van der Waals surface area contributed by atoms with Gasteiger partial charge in [0, 0.05) is 11.9 Å². The monoisotopic (exact) mass is 356 g/mol. The van der Waals surface area contributed by atoms with Crippen LogP contribution in [0.3, 0.4) is 0 Å². The third-order valence-corrected chi connectivity index (χ3v) is 1.32. The minimum Gasteiger partial charge on any atom is -0.550 e. The number of carbonyl (C=O) groups excluding carboxylic acids is 4. The van der Waals surface area contributed by atoms with E-state index in [1.165, 1.54) is 0 Å². The van der Waals surface area contributed by atoms with Gasteiger partial charge in [-0.15, -0.1) is 0 Å². The fraction of sp³-hybridized carbons (Fsp3) is 0.500. The van der Waals surface area contributed by atoms with E-state index in [1.54, 1.807) is 0 Å². The molecule has 0 saturated carbocycles. The van der Waals surface area contributed by atoms with Gasteiger partial charge in [0.1, 0.15) is 12.2 Å². The van der Waals surface area contributed by atoms with E-state index in [4.69, 9.17) is 10.2 Å². The Balaban J connectivity index is -0.0000000500. The Morgan fingerprint density at radius 2 is 0.818 bits per heavy atom. The van der Waals surface area contributed by atoms with Crippen LogP contribution in [0.25, 0.3) is 0 Å². The summed E-state index contributed by atoms with van der Waals surface area (Å²) in [5.41, 5.74) is 0. The second-order valence-corrected chi connectivity index (χ2v) is 2.77. The normalized spacial score (nSPS) is 10.3. The molecule has 0 aliphatic carbocycles. The molecule has 2 atom stereocenters. The van der Waals surface area contributed by atoms with Gasteiger partial charge >= 0.3 is 118 Å². The van der Waals surface area contributed by atoms with Crippen LogP contribution in [-0.2, 0) is 19.2 Å². The number of carboxylic acids is 4. The van der Waals surface area contributed by atoms with Gasteiger partial charge in [0.2, 0.25) is 0 Å². The molecule has 0 fully saturated rings. The summed E-state index contributed by atoms with van der Waals surface area (Å²) in [7, 11) is 0. The third kappa shape index (κ3) is 26.7. The molecule has 104 valence electrons. The molecule has 0 heterocycles. The van der Waals surface area contributed by atoms with Crippen molar-refractivity contribution in [1.29, 1.82) is 0 Å². The van der Waals surface area contributed by atoms with Gasteiger partial charge in [0.05, 0.1) is 11.9 Å². The first-order valence-corrected chi connectivity index (χ1v) is 4.27. The molecule has 14 heteroatoms. The molecule has 10 nitrogen and oxygen atoms in total. The first kappa shape index (κ1) is 39.0. The predicted molar refractivity (Wildman–Crippen MR) is 41.3 cm³/mol. The van der Waals surface area contributed by atoms with E-state index in [9.17, 15) is 39.6 Å². The number of aliphatic hydroxyl groups excluding tert-OH is 2. The molecule has 0 amide bonds. The fourth-order valence-corrected chi connectivity index (χ4v) is 0.462. The van der Waals surface area contributed by atoms with Gasteiger partial charge in [-0.25, -0.2) is 0 Å². The number of aliphatic hydroxyl groups is 2. The maximum Gasteiger partial charge on any atom is 1.00 e. The van der Waals surface area contributed by atoms with Gasteiger partial charge in [-0.1, -0.05) is 0 Å². The summed E-state index contributed by atoms with van der Waals surface area (Å²) in [4.78, 5) is 38.3. The average molecular weight is 356 g/mol. The maximum atomic E-state index is 9.63. The number of aliphatic carboxylic acids is 4. The van der Waals surface area contributed by atoms with Crippen molar-refractivity contribution in [2.45, 2.75) is 25.0 Å². The van der Waals surface area contributed by atoms with Crippen molar-refractivity contribution in [3.8, 4) is 0 Å². The van der Waals surface area contributed by atoms with E-state index in [2.05, 4.69) is 0 Å². The molecule has 0 saturated heterocycles. The van der Waals surface area contributed by atoms with Crippen LogP contribution in [0.5, 0.6) is 0 Å². The largest absolute Gasteiger partial charge is 1.00 e. The number of hydrogen-bond donors (Lipinski definition) is 2. The van der Waals surface area contributed by atoms with Crippen LogP contribution in [0.15, 0.2) is 0 Å². The van der Waals surface area contributed by atoms with Gasteiger partial charge in [-0.3, -0.25) is 0 Å². The first-order valence-electron chi connectivity index (χ1n) is 4.27. The average Bonchev–Trinajstić information content (AvgIpc) is 2.24. The molecule has 0 aromatic carbocycles. The van der Waals surface area contributed by atoms with Crippen LogP contribution in [0, 0.1) is 0 Å². The van der Waals surface area contributed by atoms with Crippen molar-refractivity contribution in [1.82, 2.24) is 0 Å². The Kier molecular flexibility index (Phi) is 40.5. The Hall–Kier alpha value is 1.80. The first-order chi connectivity index (χ1) is 8.09. The van der Waals surface area contributed by atoms with Crippen LogP contribution in [0.2, 0.25) is 0 Å². The van der Waals surface area contributed by atoms with E-state index in [0.29, 0.717) is 0 Å². The SMILES string of the molecule is O=C([O-])C(O)C(O)C(=O)[O-].O=C([O-])CCC(=O)[O-].[Na+].[Na+].[Na+].[Na+]. The van der Waals surface area contributed by atoms with Crippen molar-refractivity contribution in [3.05, 3.63) is 0 Å². The van der Waals surface area contributed by atoms with E-state index >= 15 is 0 Å². The molecule has 0 bridgehead atoms. The Bertz CT molecular complexity index is 305. The standard InChI is InChI=1S/C4H6O6.C4H6O4.4Na/c5-1(3(7)8)2(6)4(9)10;5-3(6)1-2-4(7)8;;;;/h1-2,5-6H,(H,7,8)(H,9,10);1-2H2,(H,5,6)(H,7,8);;;;/q;;4*+1/p-4. The fourth-order valence-electron chi connectivity index (χ4n) is 0.462. The molecule has 0 aliphatic rings. The van der Waals surface area contributed by atoms with Crippen molar-refractivity contribution in [2.24, 2.45) is 0 Å². The van der Waals surface area contributed by atoms with Crippen LogP contribution in [-0.4, -0.2) is 46.3 Å². The number of hydrogen-bond acceptors (Lipinski definition) is 10. The zero-order valence-corrected chi connectivity index (χ0v) is 20.7. The Labute approximate surface area is 213 Å². The van der Waals surface area contributed by atoms with Crippen molar-refractivity contribution in [3.63, 3.8) is 0 Å². The molecule has 0 aromatic heterocycles. The maximum absolute atomic E-state index is 9.63. The summed E-state index contributed by atoms with van der Waals surface area (Å²) < 4.78 is 0. The molecule has 2 unspecified atom stereocenters. The quantitative estimate of drug-likeness (QED) is 0.430. The van der Waals surface area contributed by atoms with E-state index in [-0.39, 0.29) is 118 Å². The minimum absolute atomic E-state index is 0. The zero-order valence-electron chi connectivity index (χ0n) is 12.7. The topological polar surface area (TPSA) is 201 Å². The molecule has 0 aromatic rings. The molecule has 0 radical (unpaired) electrons. The molecular weight excluding hydrogens is 348 g/mol. The summed E-state index contributed by atoms with van der Waals surface area (Å²) in [6.07, 6.45) is -5.82. The van der Waals surface area contributed by atoms with Gasteiger partial charge < -0.3 is 49.8 Å². The van der Waals surface area contributed by atoms with Gasteiger partial charge in [0.15, 0.2) is 0 Å². The molecule has 2 N–H and O–H groups in total. The van der Waals surface area contributed by atoms with Gasteiger partial charge in [-0.05, 0) is 12.8 Å². The third-order valence-electron chi connectivity index (χ3n) is 1.32. The van der Waals surface area contributed by atoms with E-state index in [1.807, 2.05) is 0 Å². The van der Waals surface area contributed by atoms with E-state index < -0.39 is 48.9 Å². The van der Waals surface area contributed by atoms with E-state index in [0.717, 1.165) is 0 Å².